The van der Waals surface area contributed by atoms with E-state index < -0.39 is 5.91 Å². The highest BCUT2D eigenvalue weighted by Crippen LogP contribution is 2.23. The lowest BCUT2D eigenvalue weighted by Crippen LogP contribution is -2.12. The maximum atomic E-state index is 12.0. The highest BCUT2D eigenvalue weighted by atomic mass is 79.9. The molecule has 2 aromatic rings. The van der Waals surface area contributed by atoms with Gasteiger partial charge in [-0.2, -0.15) is 0 Å². The molecule has 1 amide bonds. The number of phenols is 1. The van der Waals surface area contributed by atoms with E-state index in [-0.39, 0.29) is 11.3 Å². The molecule has 0 radical (unpaired) electrons. The van der Waals surface area contributed by atoms with Gasteiger partial charge >= 0.3 is 0 Å². The Morgan fingerprint density at radius 3 is 2.68 bits per heavy atom. The molecule has 0 fully saturated rings. The van der Waals surface area contributed by atoms with E-state index in [0.717, 1.165) is 10.0 Å². The predicted octanol–water partition coefficient (Wildman–Crippen LogP) is 3.30. The molecule has 0 aliphatic carbocycles. The standard InChI is InChI=1S/C14H13BrN2O2/c1-8-6-10(3-4-12(8)15)17-14(19)11-7-9(16)2-5-13(11)18/h2-7,18H,16H2,1H3,(H,17,19). The highest BCUT2D eigenvalue weighted by Gasteiger charge is 2.12. The van der Waals surface area contributed by atoms with Crippen molar-refractivity contribution in [3.05, 3.63) is 52.0 Å². The summed E-state index contributed by atoms with van der Waals surface area (Å²) in [6.45, 7) is 1.93. The van der Waals surface area contributed by atoms with Crippen LogP contribution in [0.2, 0.25) is 0 Å². The van der Waals surface area contributed by atoms with Gasteiger partial charge in [-0.05, 0) is 48.9 Å². The van der Waals surface area contributed by atoms with Gasteiger partial charge in [-0.25, -0.2) is 0 Å². The summed E-state index contributed by atoms with van der Waals surface area (Å²) < 4.78 is 0.970. The van der Waals surface area contributed by atoms with Gasteiger partial charge in [0.25, 0.3) is 5.91 Å². The number of phenolic OH excluding ortho intramolecular Hbond substituents is 1. The van der Waals surface area contributed by atoms with Gasteiger partial charge < -0.3 is 16.2 Å². The Kier molecular flexibility index (Phi) is 3.76. The molecule has 5 heteroatoms. The minimum absolute atomic E-state index is 0.0967. The Balaban J connectivity index is 2.25. The zero-order chi connectivity index (χ0) is 14.0. The van der Waals surface area contributed by atoms with E-state index in [0.29, 0.717) is 11.4 Å². The van der Waals surface area contributed by atoms with Crippen LogP contribution in [-0.2, 0) is 0 Å². The van der Waals surface area contributed by atoms with Crippen LogP contribution in [0.25, 0.3) is 0 Å². The van der Waals surface area contributed by atoms with Gasteiger partial charge in [-0.1, -0.05) is 15.9 Å². The third-order valence-electron chi connectivity index (χ3n) is 2.68. The number of aromatic hydroxyl groups is 1. The second-order valence-electron chi connectivity index (χ2n) is 4.19. The van der Waals surface area contributed by atoms with Gasteiger partial charge in [-0.3, -0.25) is 4.79 Å². The summed E-state index contributed by atoms with van der Waals surface area (Å²) >= 11 is 3.39. The number of nitrogen functional groups attached to an aromatic ring is 1. The second kappa shape index (κ2) is 5.32. The molecule has 98 valence electrons. The molecule has 0 saturated carbocycles. The van der Waals surface area contributed by atoms with Crippen molar-refractivity contribution in [1.29, 1.82) is 0 Å². The summed E-state index contributed by atoms with van der Waals surface area (Å²) in [6.07, 6.45) is 0. The van der Waals surface area contributed by atoms with E-state index in [1.165, 1.54) is 18.2 Å². The lowest BCUT2D eigenvalue weighted by atomic mass is 10.1. The molecule has 0 saturated heterocycles. The molecule has 4 nitrogen and oxygen atoms in total. The molecular formula is C14H13BrN2O2. The molecule has 4 N–H and O–H groups in total. The molecule has 0 spiro atoms. The Bertz CT molecular complexity index is 641. The van der Waals surface area contributed by atoms with Crippen LogP contribution in [0.1, 0.15) is 15.9 Å². The fraction of sp³-hybridized carbons (Fsp3) is 0.0714. The number of anilines is 2. The van der Waals surface area contributed by atoms with Gasteiger partial charge in [0.15, 0.2) is 0 Å². The monoisotopic (exact) mass is 320 g/mol. The molecular weight excluding hydrogens is 308 g/mol. The summed E-state index contributed by atoms with van der Waals surface area (Å²) in [4.78, 5) is 12.0. The van der Waals surface area contributed by atoms with E-state index in [4.69, 9.17) is 5.73 Å². The first-order valence-corrected chi connectivity index (χ1v) is 6.42. The van der Waals surface area contributed by atoms with Gasteiger partial charge in [0.1, 0.15) is 5.75 Å². The number of amides is 1. The van der Waals surface area contributed by atoms with E-state index >= 15 is 0 Å². The Labute approximate surface area is 119 Å². The molecule has 0 aromatic heterocycles. The summed E-state index contributed by atoms with van der Waals surface area (Å²) in [6, 6.07) is 9.84. The number of nitrogens with two attached hydrogens (primary N) is 1. The van der Waals surface area contributed by atoms with E-state index in [1.54, 1.807) is 6.07 Å². The summed E-state index contributed by atoms with van der Waals surface area (Å²) in [7, 11) is 0. The maximum absolute atomic E-state index is 12.0. The SMILES string of the molecule is Cc1cc(NC(=O)c2cc(N)ccc2O)ccc1Br. The third-order valence-corrected chi connectivity index (χ3v) is 3.57. The number of carbonyl (C=O) groups excluding carboxylic acids is 1. The number of hydrogen-bond donors (Lipinski definition) is 3. The first-order valence-electron chi connectivity index (χ1n) is 5.63. The van der Waals surface area contributed by atoms with E-state index in [9.17, 15) is 9.90 Å². The molecule has 0 aliphatic rings. The first-order chi connectivity index (χ1) is 8.97. The minimum atomic E-state index is -0.397. The van der Waals surface area contributed by atoms with Crippen molar-refractivity contribution >= 4 is 33.2 Å². The highest BCUT2D eigenvalue weighted by molar-refractivity contribution is 9.10. The van der Waals surface area contributed by atoms with Crippen LogP contribution in [0.4, 0.5) is 11.4 Å². The summed E-state index contributed by atoms with van der Waals surface area (Å²) in [5.74, 6) is -0.493. The number of benzene rings is 2. The number of nitrogens with one attached hydrogen (secondary N) is 1. The largest absolute Gasteiger partial charge is 0.507 e. The zero-order valence-electron chi connectivity index (χ0n) is 10.3. The lowest BCUT2D eigenvalue weighted by Gasteiger charge is -2.09. The molecule has 0 atom stereocenters. The Hall–Kier alpha value is -2.01. The van der Waals surface area contributed by atoms with Crippen LogP contribution >= 0.6 is 15.9 Å². The van der Waals surface area contributed by atoms with E-state index in [1.807, 2.05) is 19.1 Å². The number of carbonyl (C=O) groups is 1. The van der Waals surface area contributed by atoms with E-state index in [2.05, 4.69) is 21.2 Å². The number of aryl methyl sites for hydroxylation is 1. The third kappa shape index (κ3) is 3.06. The molecule has 0 unspecified atom stereocenters. The van der Waals surface area contributed by atoms with Crippen molar-refractivity contribution in [1.82, 2.24) is 0 Å². The van der Waals surface area contributed by atoms with Gasteiger partial charge in [0.05, 0.1) is 5.56 Å². The Morgan fingerprint density at radius 2 is 2.00 bits per heavy atom. The topological polar surface area (TPSA) is 75.4 Å². The van der Waals surface area contributed by atoms with Crippen molar-refractivity contribution in [3.8, 4) is 5.75 Å². The average molecular weight is 321 g/mol. The van der Waals surface area contributed by atoms with Crippen molar-refractivity contribution in [3.63, 3.8) is 0 Å². The molecule has 2 rings (SSSR count). The van der Waals surface area contributed by atoms with Crippen LogP contribution in [0.15, 0.2) is 40.9 Å². The van der Waals surface area contributed by atoms with Crippen molar-refractivity contribution in [2.24, 2.45) is 0 Å². The number of halogens is 1. The van der Waals surface area contributed by atoms with Crippen LogP contribution in [0, 0.1) is 6.92 Å². The molecule has 0 aliphatic heterocycles. The fourth-order valence-electron chi connectivity index (χ4n) is 1.66. The zero-order valence-corrected chi connectivity index (χ0v) is 11.9. The van der Waals surface area contributed by atoms with Gasteiger partial charge in [0, 0.05) is 15.8 Å². The normalized spacial score (nSPS) is 10.2. The van der Waals surface area contributed by atoms with Crippen LogP contribution < -0.4 is 11.1 Å². The van der Waals surface area contributed by atoms with Crippen LogP contribution in [-0.4, -0.2) is 11.0 Å². The minimum Gasteiger partial charge on any atom is -0.507 e. The van der Waals surface area contributed by atoms with Crippen molar-refractivity contribution < 1.29 is 9.90 Å². The molecule has 19 heavy (non-hydrogen) atoms. The first kappa shape index (κ1) is 13.4. The van der Waals surface area contributed by atoms with Crippen molar-refractivity contribution in [2.45, 2.75) is 6.92 Å². The summed E-state index contributed by atoms with van der Waals surface area (Å²) in [5.41, 5.74) is 7.85. The smallest absolute Gasteiger partial charge is 0.259 e. The fourth-order valence-corrected chi connectivity index (χ4v) is 1.90. The predicted molar refractivity (Wildman–Crippen MR) is 79.4 cm³/mol. The second-order valence-corrected chi connectivity index (χ2v) is 5.05. The average Bonchev–Trinajstić information content (AvgIpc) is 2.36. The van der Waals surface area contributed by atoms with Gasteiger partial charge in [-0.15, -0.1) is 0 Å². The molecule has 2 aromatic carbocycles. The number of hydrogen-bond acceptors (Lipinski definition) is 3. The maximum Gasteiger partial charge on any atom is 0.259 e. The Morgan fingerprint density at radius 1 is 1.26 bits per heavy atom. The molecule has 0 bridgehead atoms. The lowest BCUT2D eigenvalue weighted by molar-refractivity contribution is 0.102. The summed E-state index contributed by atoms with van der Waals surface area (Å²) in [5, 5.41) is 12.4. The van der Waals surface area contributed by atoms with Crippen LogP contribution in [0.3, 0.4) is 0 Å². The van der Waals surface area contributed by atoms with Gasteiger partial charge in [0.2, 0.25) is 0 Å². The quantitative estimate of drug-likeness (QED) is 0.587. The number of rotatable bonds is 2. The molecule has 0 heterocycles. The van der Waals surface area contributed by atoms with Crippen molar-refractivity contribution in [2.75, 3.05) is 11.1 Å². The van der Waals surface area contributed by atoms with Crippen LogP contribution in [0.5, 0.6) is 5.75 Å².